The fourth-order valence-electron chi connectivity index (χ4n) is 2.03. The number of rotatable bonds is 5. The zero-order chi connectivity index (χ0) is 15.2. The van der Waals surface area contributed by atoms with Crippen LogP contribution >= 0.6 is 0 Å². The van der Waals surface area contributed by atoms with Gasteiger partial charge in [-0.2, -0.15) is 0 Å². The molecule has 0 fully saturated rings. The summed E-state index contributed by atoms with van der Waals surface area (Å²) in [6.07, 6.45) is 0.242. The van der Waals surface area contributed by atoms with Gasteiger partial charge in [0.15, 0.2) is 0 Å². The highest BCUT2D eigenvalue weighted by atomic mass is 16.5. The molecule has 0 radical (unpaired) electrons. The summed E-state index contributed by atoms with van der Waals surface area (Å²) in [7, 11) is 1.39. The van der Waals surface area contributed by atoms with Crippen LogP contribution in [0.4, 0.5) is 5.69 Å². The molecular weight excluding hydrogens is 266 g/mol. The first kappa shape index (κ1) is 14.9. The summed E-state index contributed by atoms with van der Waals surface area (Å²) in [5.41, 5.74) is 9.33. The molecule has 4 nitrogen and oxygen atoms in total. The molecule has 0 atom stereocenters. The largest absolute Gasteiger partial charge is 0.489 e. The Morgan fingerprint density at radius 1 is 1.14 bits per heavy atom. The lowest BCUT2D eigenvalue weighted by Gasteiger charge is -2.12. The molecule has 21 heavy (non-hydrogen) atoms. The lowest BCUT2D eigenvalue weighted by atomic mass is 10.1. The van der Waals surface area contributed by atoms with Crippen LogP contribution in [0.25, 0.3) is 0 Å². The molecule has 0 aliphatic rings. The summed E-state index contributed by atoms with van der Waals surface area (Å²) in [5.74, 6) is 0.491. The van der Waals surface area contributed by atoms with Gasteiger partial charge in [-0.1, -0.05) is 30.3 Å². The third-order valence-electron chi connectivity index (χ3n) is 3.28. The van der Waals surface area contributed by atoms with Crippen molar-refractivity contribution in [2.45, 2.75) is 20.0 Å². The molecule has 0 bridgehead atoms. The number of ether oxygens (including phenoxy) is 2. The summed E-state index contributed by atoms with van der Waals surface area (Å²) >= 11 is 0. The van der Waals surface area contributed by atoms with Crippen LogP contribution in [0.5, 0.6) is 5.75 Å². The predicted octanol–water partition coefficient (Wildman–Crippen LogP) is 2.87. The van der Waals surface area contributed by atoms with E-state index in [0.717, 1.165) is 22.4 Å². The van der Waals surface area contributed by atoms with Crippen LogP contribution in [0.2, 0.25) is 0 Å². The maximum Gasteiger partial charge on any atom is 0.309 e. The van der Waals surface area contributed by atoms with Crippen LogP contribution in [0, 0.1) is 6.92 Å². The number of aryl methyl sites for hydroxylation is 1. The Morgan fingerprint density at radius 3 is 2.57 bits per heavy atom. The Balaban J connectivity index is 2.13. The zero-order valence-electron chi connectivity index (χ0n) is 12.3. The van der Waals surface area contributed by atoms with Crippen LogP contribution in [0.3, 0.4) is 0 Å². The molecule has 0 amide bonds. The number of hydrogen-bond donors (Lipinski definition) is 1. The van der Waals surface area contributed by atoms with Crippen molar-refractivity contribution in [2.24, 2.45) is 0 Å². The first-order valence-corrected chi connectivity index (χ1v) is 6.72. The quantitative estimate of drug-likeness (QED) is 0.678. The molecule has 0 saturated heterocycles. The van der Waals surface area contributed by atoms with Crippen LogP contribution in [-0.2, 0) is 22.6 Å². The van der Waals surface area contributed by atoms with Gasteiger partial charge in [0.1, 0.15) is 12.4 Å². The molecule has 110 valence electrons. The number of anilines is 1. The number of hydrogen-bond acceptors (Lipinski definition) is 4. The third-order valence-corrected chi connectivity index (χ3v) is 3.28. The van der Waals surface area contributed by atoms with Crippen molar-refractivity contribution in [3.8, 4) is 5.75 Å². The Labute approximate surface area is 124 Å². The second-order valence-electron chi connectivity index (χ2n) is 4.84. The number of carbonyl (C=O) groups excluding carboxylic acids is 1. The number of nitrogen functional groups attached to an aromatic ring is 1. The standard InChI is InChI=1S/C17H19NO3/c1-12-7-8-15(18)10-16(12)21-11-14-6-4-3-5-13(14)9-17(19)20-2/h3-8,10H,9,11,18H2,1-2H3. The lowest BCUT2D eigenvalue weighted by Crippen LogP contribution is -2.08. The second kappa shape index (κ2) is 6.79. The minimum atomic E-state index is -0.261. The fraction of sp³-hybridized carbons (Fsp3) is 0.235. The number of nitrogens with two attached hydrogens (primary N) is 1. The van der Waals surface area contributed by atoms with Crippen molar-refractivity contribution < 1.29 is 14.3 Å². The van der Waals surface area contributed by atoms with E-state index in [1.165, 1.54) is 7.11 Å². The molecule has 2 rings (SSSR count). The van der Waals surface area contributed by atoms with Crippen molar-refractivity contribution in [2.75, 3.05) is 12.8 Å². The van der Waals surface area contributed by atoms with Crippen LogP contribution in [0.1, 0.15) is 16.7 Å². The summed E-state index contributed by atoms with van der Waals surface area (Å²) in [6, 6.07) is 13.2. The fourth-order valence-corrected chi connectivity index (χ4v) is 2.03. The normalized spacial score (nSPS) is 10.2. The van der Waals surface area contributed by atoms with Crippen molar-refractivity contribution >= 4 is 11.7 Å². The Bertz CT molecular complexity index is 638. The smallest absolute Gasteiger partial charge is 0.309 e. The zero-order valence-corrected chi connectivity index (χ0v) is 12.3. The van der Waals surface area contributed by atoms with Crippen molar-refractivity contribution in [1.29, 1.82) is 0 Å². The number of carbonyl (C=O) groups is 1. The van der Waals surface area contributed by atoms with Gasteiger partial charge in [0.05, 0.1) is 13.5 Å². The minimum Gasteiger partial charge on any atom is -0.489 e. The van der Waals surface area contributed by atoms with Crippen LogP contribution in [0.15, 0.2) is 42.5 Å². The van der Waals surface area contributed by atoms with Crippen LogP contribution in [-0.4, -0.2) is 13.1 Å². The van der Waals surface area contributed by atoms with E-state index in [9.17, 15) is 4.79 Å². The molecule has 0 spiro atoms. The monoisotopic (exact) mass is 285 g/mol. The summed E-state index contributed by atoms with van der Waals surface area (Å²) in [4.78, 5) is 11.4. The summed E-state index contributed by atoms with van der Waals surface area (Å²) < 4.78 is 10.5. The summed E-state index contributed by atoms with van der Waals surface area (Å²) in [5, 5.41) is 0. The maximum atomic E-state index is 11.4. The van der Waals surface area contributed by atoms with Gasteiger partial charge in [-0.3, -0.25) is 4.79 Å². The van der Waals surface area contributed by atoms with Gasteiger partial charge in [-0.15, -0.1) is 0 Å². The van der Waals surface area contributed by atoms with Crippen molar-refractivity contribution in [1.82, 2.24) is 0 Å². The molecule has 2 N–H and O–H groups in total. The molecular formula is C17H19NO3. The Morgan fingerprint density at radius 2 is 1.86 bits per heavy atom. The van der Waals surface area contributed by atoms with Crippen LogP contribution < -0.4 is 10.5 Å². The molecule has 0 aliphatic carbocycles. The van der Waals surface area contributed by atoms with E-state index >= 15 is 0 Å². The van der Waals surface area contributed by atoms with Gasteiger partial charge in [0, 0.05) is 11.8 Å². The van der Waals surface area contributed by atoms with Gasteiger partial charge >= 0.3 is 5.97 Å². The first-order chi connectivity index (χ1) is 10.1. The topological polar surface area (TPSA) is 61.5 Å². The second-order valence-corrected chi connectivity index (χ2v) is 4.84. The minimum absolute atomic E-state index is 0.242. The number of benzene rings is 2. The summed E-state index contributed by atoms with van der Waals surface area (Å²) in [6.45, 7) is 2.35. The number of methoxy groups -OCH3 is 1. The number of esters is 1. The van der Waals surface area contributed by atoms with Crippen molar-refractivity contribution in [3.63, 3.8) is 0 Å². The average Bonchev–Trinajstić information content (AvgIpc) is 2.49. The Hall–Kier alpha value is -2.49. The van der Waals surface area contributed by atoms with Crippen molar-refractivity contribution in [3.05, 3.63) is 59.2 Å². The predicted molar refractivity (Wildman–Crippen MR) is 82.1 cm³/mol. The van der Waals surface area contributed by atoms with Gasteiger partial charge in [0.2, 0.25) is 0 Å². The average molecular weight is 285 g/mol. The van der Waals surface area contributed by atoms with E-state index in [1.54, 1.807) is 6.07 Å². The highest BCUT2D eigenvalue weighted by Crippen LogP contribution is 2.22. The molecule has 2 aromatic carbocycles. The highest BCUT2D eigenvalue weighted by Gasteiger charge is 2.09. The molecule has 4 heteroatoms. The molecule has 0 aliphatic heterocycles. The van der Waals surface area contributed by atoms with E-state index in [1.807, 2.05) is 43.3 Å². The first-order valence-electron chi connectivity index (χ1n) is 6.72. The van der Waals surface area contributed by atoms with Gasteiger partial charge in [-0.05, 0) is 29.7 Å². The molecule has 0 heterocycles. The van der Waals surface area contributed by atoms with Gasteiger partial charge in [0.25, 0.3) is 0 Å². The molecule has 0 aromatic heterocycles. The molecule has 0 unspecified atom stereocenters. The van der Waals surface area contributed by atoms with Gasteiger partial charge in [-0.25, -0.2) is 0 Å². The highest BCUT2D eigenvalue weighted by molar-refractivity contribution is 5.72. The Kier molecular flexibility index (Phi) is 4.82. The molecule has 2 aromatic rings. The van der Waals surface area contributed by atoms with E-state index < -0.39 is 0 Å². The van der Waals surface area contributed by atoms with E-state index in [4.69, 9.17) is 15.2 Å². The maximum absolute atomic E-state index is 11.4. The lowest BCUT2D eigenvalue weighted by molar-refractivity contribution is -0.139. The van der Waals surface area contributed by atoms with E-state index in [2.05, 4.69) is 0 Å². The SMILES string of the molecule is COC(=O)Cc1ccccc1COc1cc(N)ccc1C. The molecule has 0 saturated carbocycles. The van der Waals surface area contributed by atoms with Gasteiger partial charge < -0.3 is 15.2 Å². The van der Waals surface area contributed by atoms with E-state index in [0.29, 0.717) is 12.3 Å². The third kappa shape index (κ3) is 3.99. The van der Waals surface area contributed by atoms with E-state index in [-0.39, 0.29) is 12.4 Å².